The van der Waals surface area contributed by atoms with Gasteiger partial charge in [-0.2, -0.15) is 0 Å². The Labute approximate surface area is 130 Å². The van der Waals surface area contributed by atoms with Crippen molar-refractivity contribution in [3.63, 3.8) is 0 Å². The van der Waals surface area contributed by atoms with E-state index in [0.29, 0.717) is 18.5 Å². The van der Waals surface area contributed by atoms with Gasteiger partial charge in [0.25, 0.3) is 0 Å². The topological polar surface area (TPSA) is 74.3 Å². The lowest BCUT2D eigenvalue weighted by atomic mass is 10.2. The molecule has 1 amide bonds. The third kappa shape index (κ3) is 2.14. The molecule has 6 heteroatoms. The van der Waals surface area contributed by atoms with Crippen molar-refractivity contribution in [2.75, 3.05) is 6.61 Å². The van der Waals surface area contributed by atoms with Crippen LogP contribution in [0.2, 0.25) is 0 Å². The first-order chi connectivity index (χ1) is 9.99. The lowest BCUT2D eigenvalue weighted by Crippen LogP contribution is -2.36. The fraction of sp³-hybridized carbons (Fsp3) is 0.333. The van der Waals surface area contributed by atoms with Crippen molar-refractivity contribution in [1.29, 1.82) is 0 Å². The molecule has 1 aromatic carbocycles. The molecule has 1 aliphatic rings. The highest BCUT2D eigenvalue weighted by molar-refractivity contribution is 9.10. The average Bonchev–Trinajstić information content (AvgIpc) is 3.15. The molecule has 0 aliphatic heterocycles. The van der Waals surface area contributed by atoms with Crippen LogP contribution in [0.25, 0.3) is 10.9 Å². The Bertz CT molecular complexity index is 747. The molecule has 21 heavy (non-hydrogen) atoms. The number of primary amides is 1. The van der Waals surface area contributed by atoms with Crippen LogP contribution in [-0.4, -0.2) is 23.1 Å². The minimum atomic E-state index is -0.794. The van der Waals surface area contributed by atoms with Crippen LogP contribution in [0.4, 0.5) is 0 Å². The second-order valence-electron chi connectivity index (χ2n) is 5.18. The molecule has 0 atom stereocenters. The lowest BCUT2D eigenvalue weighted by Gasteiger charge is -2.18. The highest BCUT2D eigenvalue weighted by Crippen LogP contribution is 2.46. The van der Waals surface area contributed by atoms with Crippen molar-refractivity contribution in [1.82, 2.24) is 4.57 Å². The maximum Gasteiger partial charge on any atom is 0.355 e. The summed E-state index contributed by atoms with van der Waals surface area (Å²) in [5.41, 5.74) is 5.97. The molecule has 0 radical (unpaired) electrons. The summed E-state index contributed by atoms with van der Waals surface area (Å²) in [4.78, 5) is 24.1. The van der Waals surface area contributed by atoms with Gasteiger partial charge in [0, 0.05) is 15.4 Å². The van der Waals surface area contributed by atoms with Gasteiger partial charge in [0.05, 0.1) is 6.61 Å². The molecular formula is C15H15BrN2O3. The fourth-order valence-electron chi connectivity index (χ4n) is 2.70. The van der Waals surface area contributed by atoms with Gasteiger partial charge in [-0.15, -0.1) is 0 Å². The molecule has 110 valence electrons. The van der Waals surface area contributed by atoms with E-state index in [0.717, 1.165) is 15.4 Å². The number of benzene rings is 1. The molecule has 3 rings (SSSR count). The average molecular weight is 351 g/mol. The van der Waals surface area contributed by atoms with Gasteiger partial charge in [0.15, 0.2) is 0 Å². The first kappa shape index (κ1) is 14.1. The zero-order chi connectivity index (χ0) is 15.2. The Hall–Kier alpha value is -1.82. The number of halogens is 1. The van der Waals surface area contributed by atoms with Crippen molar-refractivity contribution in [2.24, 2.45) is 5.73 Å². The summed E-state index contributed by atoms with van der Waals surface area (Å²) >= 11 is 3.41. The maximum atomic E-state index is 12.2. The molecule has 1 saturated carbocycles. The number of rotatable bonds is 4. The third-order valence-corrected chi connectivity index (χ3v) is 4.35. The molecule has 0 spiro atoms. The van der Waals surface area contributed by atoms with Crippen LogP contribution in [-0.2, 0) is 15.1 Å². The van der Waals surface area contributed by atoms with Crippen LogP contribution in [0, 0.1) is 0 Å². The standard InChI is InChI=1S/C15H15BrN2O3/c1-2-21-13(19)12-8-9-7-10(16)3-4-11(9)18(12)15(5-6-15)14(17)20/h3-4,7-8H,2,5-6H2,1H3,(H2,17,20). The molecule has 0 saturated heterocycles. The quantitative estimate of drug-likeness (QED) is 0.861. The van der Waals surface area contributed by atoms with Crippen molar-refractivity contribution in [3.8, 4) is 0 Å². The van der Waals surface area contributed by atoms with E-state index in [-0.39, 0.29) is 6.61 Å². The van der Waals surface area contributed by atoms with E-state index in [9.17, 15) is 9.59 Å². The van der Waals surface area contributed by atoms with Crippen LogP contribution in [0.15, 0.2) is 28.7 Å². The van der Waals surface area contributed by atoms with Gasteiger partial charge in [-0.3, -0.25) is 4.79 Å². The number of ether oxygens (including phenoxy) is 1. The number of nitrogens with two attached hydrogens (primary N) is 1. The normalized spacial score (nSPS) is 15.9. The van der Waals surface area contributed by atoms with Gasteiger partial charge < -0.3 is 15.0 Å². The van der Waals surface area contributed by atoms with Crippen LogP contribution < -0.4 is 5.73 Å². The number of amides is 1. The molecule has 1 aliphatic carbocycles. The van der Waals surface area contributed by atoms with Crippen LogP contribution in [0.5, 0.6) is 0 Å². The van der Waals surface area contributed by atoms with Crippen molar-refractivity contribution >= 4 is 38.7 Å². The highest BCUT2D eigenvalue weighted by Gasteiger charge is 2.52. The third-order valence-electron chi connectivity index (χ3n) is 3.86. The molecule has 1 aromatic heterocycles. The predicted octanol–water partition coefficient (Wildman–Crippen LogP) is 2.55. The van der Waals surface area contributed by atoms with Gasteiger partial charge in [-0.25, -0.2) is 4.79 Å². The Balaban J connectivity index is 2.26. The smallest absolute Gasteiger partial charge is 0.355 e. The van der Waals surface area contributed by atoms with Crippen molar-refractivity contribution in [3.05, 3.63) is 34.4 Å². The number of hydrogen-bond donors (Lipinski definition) is 1. The Morgan fingerprint density at radius 1 is 1.38 bits per heavy atom. The summed E-state index contributed by atoms with van der Waals surface area (Å²) in [6.07, 6.45) is 1.29. The van der Waals surface area contributed by atoms with Crippen molar-refractivity contribution < 1.29 is 14.3 Å². The molecule has 1 heterocycles. The summed E-state index contributed by atoms with van der Waals surface area (Å²) < 4.78 is 7.76. The van der Waals surface area contributed by atoms with E-state index in [2.05, 4.69) is 15.9 Å². The second kappa shape index (κ2) is 4.87. The van der Waals surface area contributed by atoms with E-state index < -0.39 is 17.4 Å². The number of carbonyl (C=O) groups excluding carboxylic acids is 2. The number of fused-ring (bicyclic) bond motifs is 1. The fourth-order valence-corrected chi connectivity index (χ4v) is 3.08. The van der Waals surface area contributed by atoms with Crippen LogP contribution in [0.1, 0.15) is 30.3 Å². The zero-order valence-corrected chi connectivity index (χ0v) is 13.1. The summed E-state index contributed by atoms with van der Waals surface area (Å²) in [7, 11) is 0. The molecule has 0 bridgehead atoms. The first-order valence-corrected chi connectivity index (χ1v) is 7.57. The summed E-state index contributed by atoms with van der Waals surface area (Å²) in [6, 6.07) is 7.42. The minimum absolute atomic E-state index is 0.285. The highest BCUT2D eigenvalue weighted by atomic mass is 79.9. The zero-order valence-electron chi connectivity index (χ0n) is 11.6. The van der Waals surface area contributed by atoms with Gasteiger partial charge >= 0.3 is 5.97 Å². The molecule has 0 unspecified atom stereocenters. The Kier molecular flexibility index (Phi) is 3.28. The van der Waals surface area contributed by atoms with Crippen molar-refractivity contribution in [2.45, 2.75) is 25.3 Å². The predicted molar refractivity (Wildman–Crippen MR) is 82.0 cm³/mol. The molecule has 2 N–H and O–H groups in total. The Morgan fingerprint density at radius 3 is 2.67 bits per heavy atom. The second-order valence-corrected chi connectivity index (χ2v) is 6.10. The molecule has 1 fully saturated rings. The van der Waals surface area contributed by atoms with Crippen LogP contribution in [0.3, 0.4) is 0 Å². The molecular weight excluding hydrogens is 336 g/mol. The van der Waals surface area contributed by atoms with Crippen LogP contribution >= 0.6 is 15.9 Å². The van der Waals surface area contributed by atoms with Gasteiger partial charge in [-0.1, -0.05) is 15.9 Å². The van der Waals surface area contributed by atoms with Gasteiger partial charge in [-0.05, 0) is 44.0 Å². The number of esters is 1. The number of nitrogens with zero attached hydrogens (tertiary/aromatic N) is 1. The minimum Gasteiger partial charge on any atom is -0.461 e. The number of aromatic nitrogens is 1. The van der Waals surface area contributed by atoms with E-state index in [1.54, 1.807) is 17.6 Å². The first-order valence-electron chi connectivity index (χ1n) is 6.78. The van der Waals surface area contributed by atoms with E-state index in [1.165, 1.54) is 0 Å². The summed E-state index contributed by atoms with van der Waals surface area (Å²) in [5.74, 6) is -0.842. The molecule has 5 nitrogen and oxygen atoms in total. The maximum absolute atomic E-state index is 12.2. The molecule has 2 aromatic rings. The largest absolute Gasteiger partial charge is 0.461 e. The SMILES string of the molecule is CCOC(=O)c1cc2cc(Br)ccc2n1C1(C(N)=O)CC1. The number of hydrogen-bond acceptors (Lipinski definition) is 3. The van der Waals surface area contributed by atoms with E-state index in [4.69, 9.17) is 10.5 Å². The monoisotopic (exact) mass is 350 g/mol. The van der Waals surface area contributed by atoms with Gasteiger partial charge in [0.2, 0.25) is 5.91 Å². The lowest BCUT2D eigenvalue weighted by molar-refractivity contribution is -0.122. The summed E-state index contributed by atoms with van der Waals surface area (Å²) in [6.45, 7) is 2.04. The number of carbonyl (C=O) groups is 2. The van der Waals surface area contributed by atoms with Gasteiger partial charge in [0.1, 0.15) is 11.2 Å². The summed E-state index contributed by atoms with van der Waals surface area (Å²) in [5, 5.41) is 0.875. The van der Waals surface area contributed by atoms with E-state index in [1.807, 2.05) is 18.2 Å². The Morgan fingerprint density at radius 2 is 2.10 bits per heavy atom. The van der Waals surface area contributed by atoms with E-state index >= 15 is 0 Å².